The molecule has 0 radical (unpaired) electrons. The normalized spacial score (nSPS) is 16.9. The Morgan fingerprint density at radius 2 is 1.91 bits per heavy atom. The van der Waals surface area contributed by atoms with Gasteiger partial charge in [0.05, 0.1) is 18.7 Å². The minimum absolute atomic E-state index is 0.139. The van der Waals surface area contributed by atoms with Crippen molar-refractivity contribution in [2.24, 2.45) is 11.1 Å². The highest BCUT2D eigenvalue weighted by Crippen LogP contribution is 2.39. The first-order chi connectivity index (χ1) is 17.1. The molecule has 1 unspecified atom stereocenters. The number of nitrogens with zero attached hydrogens (tertiary/aromatic N) is 2. The summed E-state index contributed by atoms with van der Waals surface area (Å²) in [6.07, 6.45) is 6.62. The number of hydrogen-bond acceptors (Lipinski definition) is 6. The van der Waals surface area contributed by atoms with Crippen molar-refractivity contribution >= 4 is 10.9 Å². The minimum Gasteiger partial charge on any atom is -0.497 e. The van der Waals surface area contributed by atoms with Gasteiger partial charge in [-0.2, -0.15) is 0 Å². The molecule has 1 aliphatic heterocycles. The number of nitrogens with two attached hydrogens (primary N) is 1. The third kappa shape index (κ3) is 6.19. The quantitative estimate of drug-likeness (QED) is 0.383. The average molecular weight is 478 g/mol. The molecule has 6 heteroatoms. The molecule has 0 amide bonds. The molecule has 4 N–H and O–H groups in total. The molecule has 1 aromatic heterocycles. The second kappa shape index (κ2) is 12.0. The Morgan fingerprint density at radius 1 is 1.14 bits per heavy atom. The number of pyridine rings is 1. The third-order valence-corrected chi connectivity index (χ3v) is 7.74. The predicted octanol–water partition coefficient (Wildman–Crippen LogP) is 4.22. The van der Waals surface area contributed by atoms with Crippen molar-refractivity contribution in [2.45, 2.75) is 51.2 Å². The predicted molar refractivity (Wildman–Crippen MR) is 140 cm³/mol. The number of fused-ring (bicyclic) bond motifs is 1. The van der Waals surface area contributed by atoms with E-state index in [0.717, 1.165) is 79.5 Å². The summed E-state index contributed by atoms with van der Waals surface area (Å²) in [5.41, 5.74) is 9.76. The van der Waals surface area contributed by atoms with Gasteiger partial charge < -0.3 is 25.6 Å². The highest BCUT2D eigenvalue weighted by atomic mass is 16.5. The van der Waals surface area contributed by atoms with Crippen LogP contribution in [-0.2, 0) is 13.0 Å². The van der Waals surface area contributed by atoms with Crippen molar-refractivity contribution in [3.05, 3.63) is 71.4 Å². The van der Waals surface area contributed by atoms with Gasteiger partial charge >= 0.3 is 0 Å². The summed E-state index contributed by atoms with van der Waals surface area (Å²) in [5.74, 6) is 0.730. The molecule has 0 saturated carbocycles. The maximum atomic E-state index is 11.3. The summed E-state index contributed by atoms with van der Waals surface area (Å²) < 4.78 is 5.40. The zero-order valence-electron chi connectivity index (χ0n) is 20.8. The van der Waals surface area contributed by atoms with Crippen LogP contribution in [0.5, 0.6) is 5.75 Å². The molecule has 1 atom stereocenters. The molecular weight excluding hydrogens is 438 g/mol. The van der Waals surface area contributed by atoms with Crippen molar-refractivity contribution in [3.8, 4) is 5.75 Å². The van der Waals surface area contributed by atoms with E-state index in [-0.39, 0.29) is 12.0 Å². The smallest absolute Gasteiger partial charge is 0.119 e. The summed E-state index contributed by atoms with van der Waals surface area (Å²) in [7, 11) is 1.64. The fourth-order valence-electron chi connectivity index (χ4n) is 5.39. The number of aryl methyl sites for hydroxylation is 1. The van der Waals surface area contributed by atoms with E-state index in [1.807, 2.05) is 18.2 Å². The molecule has 3 aromatic rings. The van der Waals surface area contributed by atoms with Gasteiger partial charge in [0.2, 0.25) is 0 Å². The van der Waals surface area contributed by atoms with Crippen LogP contribution in [0.1, 0.15) is 54.9 Å². The van der Waals surface area contributed by atoms with E-state index in [4.69, 9.17) is 10.5 Å². The Bertz CT molecular complexity index is 1080. The van der Waals surface area contributed by atoms with Gasteiger partial charge in [0.15, 0.2) is 0 Å². The van der Waals surface area contributed by atoms with Crippen molar-refractivity contribution in [2.75, 3.05) is 33.4 Å². The topological polar surface area (TPSA) is 91.8 Å². The van der Waals surface area contributed by atoms with E-state index in [1.54, 1.807) is 13.3 Å². The second-order valence-corrected chi connectivity index (χ2v) is 9.93. The van der Waals surface area contributed by atoms with E-state index in [2.05, 4.69) is 40.2 Å². The Labute approximate surface area is 208 Å². The van der Waals surface area contributed by atoms with Gasteiger partial charge in [-0.3, -0.25) is 4.98 Å². The molecule has 1 saturated heterocycles. The molecule has 188 valence electrons. The van der Waals surface area contributed by atoms with Gasteiger partial charge in [-0.05, 0) is 98.5 Å². The first-order valence-electron chi connectivity index (χ1n) is 12.8. The fourth-order valence-corrected chi connectivity index (χ4v) is 5.39. The molecule has 1 aliphatic rings. The van der Waals surface area contributed by atoms with Crippen LogP contribution in [0.2, 0.25) is 0 Å². The Morgan fingerprint density at radius 3 is 2.60 bits per heavy atom. The number of hydrogen-bond donors (Lipinski definition) is 3. The molecule has 2 heterocycles. The second-order valence-electron chi connectivity index (χ2n) is 9.93. The number of aromatic nitrogens is 1. The molecule has 6 nitrogen and oxygen atoms in total. The zero-order chi connectivity index (χ0) is 24.7. The fraction of sp³-hybridized carbons (Fsp3) is 0.483. The Hall–Kier alpha value is -2.51. The summed E-state index contributed by atoms with van der Waals surface area (Å²) in [4.78, 5) is 7.03. The standard InChI is InChI=1S/C29H39N3O3/c1-35-24-9-10-26-25(18-24)28(23(19-30)20-31-26)27(34)11-12-29(21-33)13-16-32(17-14-29)15-5-8-22-6-3-2-4-7-22/h2-4,6-7,9-10,18,20,27,33-34H,5,8,11-17,19,21,30H2,1H3. The van der Waals surface area contributed by atoms with Crippen LogP contribution in [0.3, 0.4) is 0 Å². The first-order valence-corrected chi connectivity index (χ1v) is 12.8. The number of methoxy groups -OCH3 is 1. The monoisotopic (exact) mass is 477 g/mol. The molecule has 35 heavy (non-hydrogen) atoms. The molecule has 4 rings (SSSR count). The average Bonchev–Trinajstić information content (AvgIpc) is 2.92. The lowest BCUT2D eigenvalue weighted by Gasteiger charge is -2.41. The lowest BCUT2D eigenvalue weighted by Crippen LogP contribution is -2.42. The number of rotatable bonds is 11. The number of benzene rings is 2. The van der Waals surface area contributed by atoms with E-state index >= 15 is 0 Å². The van der Waals surface area contributed by atoms with Gasteiger partial charge in [-0.1, -0.05) is 30.3 Å². The summed E-state index contributed by atoms with van der Waals surface area (Å²) in [6.45, 7) is 3.55. The van der Waals surface area contributed by atoms with Crippen molar-refractivity contribution in [3.63, 3.8) is 0 Å². The Kier molecular flexibility index (Phi) is 8.74. The molecule has 0 spiro atoms. The van der Waals surface area contributed by atoms with Crippen LogP contribution < -0.4 is 10.5 Å². The van der Waals surface area contributed by atoms with Gasteiger partial charge in [-0.15, -0.1) is 0 Å². The molecule has 2 aromatic carbocycles. The van der Waals surface area contributed by atoms with Crippen LogP contribution in [0.4, 0.5) is 0 Å². The SMILES string of the molecule is COc1ccc2ncc(CN)c(C(O)CCC3(CO)CCN(CCCc4ccccc4)CC3)c2c1. The lowest BCUT2D eigenvalue weighted by atomic mass is 9.74. The Balaban J connectivity index is 1.36. The maximum Gasteiger partial charge on any atom is 0.119 e. The van der Waals surface area contributed by atoms with E-state index in [9.17, 15) is 10.2 Å². The van der Waals surface area contributed by atoms with E-state index < -0.39 is 6.10 Å². The van der Waals surface area contributed by atoms with Crippen LogP contribution in [0.15, 0.2) is 54.7 Å². The number of ether oxygens (including phenoxy) is 1. The van der Waals surface area contributed by atoms with E-state index in [1.165, 1.54) is 5.56 Å². The maximum absolute atomic E-state index is 11.3. The zero-order valence-corrected chi connectivity index (χ0v) is 20.8. The molecule has 0 bridgehead atoms. The van der Waals surface area contributed by atoms with Crippen molar-refractivity contribution < 1.29 is 14.9 Å². The number of aliphatic hydroxyl groups is 2. The van der Waals surface area contributed by atoms with Crippen LogP contribution in [0.25, 0.3) is 10.9 Å². The molecule has 0 aliphatic carbocycles. The van der Waals surface area contributed by atoms with Gasteiger partial charge in [-0.25, -0.2) is 0 Å². The van der Waals surface area contributed by atoms with Crippen LogP contribution >= 0.6 is 0 Å². The number of aliphatic hydroxyl groups excluding tert-OH is 2. The van der Waals surface area contributed by atoms with Gasteiger partial charge in [0.1, 0.15) is 5.75 Å². The van der Waals surface area contributed by atoms with Crippen LogP contribution in [0, 0.1) is 5.41 Å². The molecular formula is C29H39N3O3. The number of likely N-dealkylation sites (tertiary alicyclic amines) is 1. The van der Waals surface area contributed by atoms with Crippen LogP contribution in [-0.4, -0.2) is 53.4 Å². The van der Waals surface area contributed by atoms with Crippen molar-refractivity contribution in [1.82, 2.24) is 9.88 Å². The summed E-state index contributed by atoms with van der Waals surface area (Å²) in [5, 5.41) is 22.5. The third-order valence-electron chi connectivity index (χ3n) is 7.74. The molecule has 1 fully saturated rings. The number of piperidine rings is 1. The summed E-state index contributed by atoms with van der Waals surface area (Å²) >= 11 is 0. The highest BCUT2D eigenvalue weighted by molar-refractivity contribution is 5.85. The van der Waals surface area contributed by atoms with E-state index in [0.29, 0.717) is 13.0 Å². The van der Waals surface area contributed by atoms with Crippen molar-refractivity contribution in [1.29, 1.82) is 0 Å². The largest absolute Gasteiger partial charge is 0.497 e. The highest BCUT2D eigenvalue weighted by Gasteiger charge is 2.34. The van der Waals surface area contributed by atoms with Gasteiger partial charge in [0.25, 0.3) is 0 Å². The minimum atomic E-state index is -0.668. The summed E-state index contributed by atoms with van der Waals surface area (Å²) in [6, 6.07) is 16.4. The first kappa shape index (κ1) is 25.6. The lowest BCUT2D eigenvalue weighted by molar-refractivity contribution is 0.0233. The van der Waals surface area contributed by atoms with Gasteiger partial charge in [0, 0.05) is 24.7 Å².